The van der Waals surface area contributed by atoms with Crippen LogP contribution in [0.1, 0.15) is 86.9 Å². The molecule has 3 aliphatic rings. The van der Waals surface area contributed by atoms with E-state index in [9.17, 15) is 4.79 Å². The first-order valence-electron chi connectivity index (χ1n) is 14.0. The molecule has 0 atom stereocenters. The molecule has 192 valence electrons. The van der Waals surface area contributed by atoms with Crippen molar-refractivity contribution in [2.24, 2.45) is 13.0 Å². The predicted octanol–water partition coefficient (Wildman–Crippen LogP) is 5.07. The molecule has 4 aromatic rings. The molecule has 1 aromatic carbocycles. The summed E-state index contributed by atoms with van der Waals surface area (Å²) in [6.45, 7) is 3.08. The average molecular weight is 497 g/mol. The van der Waals surface area contributed by atoms with E-state index < -0.39 is 0 Å². The molecule has 3 fully saturated rings. The molecule has 0 bridgehead atoms. The number of hydrogen-bond acceptors (Lipinski definition) is 4. The monoisotopic (exact) mass is 496 g/mol. The van der Waals surface area contributed by atoms with Gasteiger partial charge in [-0.1, -0.05) is 31.9 Å². The molecular formula is C30H36N6O. The summed E-state index contributed by atoms with van der Waals surface area (Å²) in [7, 11) is 2.02. The van der Waals surface area contributed by atoms with Crippen LogP contribution in [0.2, 0.25) is 0 Å². The van der Waals surface area contributed by atoms with Gasteiger partial charge in [0.15, 0.2) is 0 Å². The molecule has 0 saturated heterocycles. The highest BCUT2D eigenvalue weighted by Gasteiger charge is 2.48. The van der Waals surface area contributed by atoms with Gasteiger partial charge in [-0.05, 0) is 79.7 Å². The third kappa shape index (κ3) is 3.86. The molecule has 7 rings (SSSR count). The van der Waals surface area contributed by atoms with Gasteiger partial charge in [-0.25, -0.2) is 0 Å². The van der Waals surface area contributed by atoms with Gasteiger partial charge in [-0.3, -0.25) is 9.36 Å². The number of hydrogen-bond donors (Lipinski definition) is 2. The summed E-state index contributed by atoms with van der Waals surface area (Å²) in [5, 5.41) is 13.5. The van der Waals surface area contributed by atoms with Gasteiger partial charge in [-0.15, -0.1) is 10.2 Å². The number of nitrogens with one attached hydrogen (secondary N) is 2. The standard InChI is InChI=1S/C30H36N6O/c1-19-14-30(15-19,29-34-32-18-35(29)2)21-6-5-9-24(12-21)36-17-26(20-10-11-20)25-13-23(33-27(25)28(36)37)16-31-22-7-3-4-8-22/h5-6,9,12-13,17-20,22,31,33H,3-4,7-8,10-11,14-16H2,1-2H3. The highest BCUT2D eigenvalue weighted by Crippen LogP contribution is 2.51. The van der Waals surface area contributed by atoms with Crippen molar-refractivity contribution in [2.45, 2.75) is 82.2 Å². The van der Waals surface area contributed by atoms with Crippen LogP contribution in [0.5, 0.6) is 0 Å². The van der Waals surface area contributed by atoms with Crippen molar-refractivity contribution >= 4 is 10.9 Å². The van der Waals surface area contributed by atoms with Crippen molar-refractivity contribution in [3.8, 4) is 5.69 Å². The lowest BCUT2D eigenvalue weighted by atomic mass is 9.58. The number of aromatic amines is 1. The summed E-state index contributed by atoms with van der Waals surface area (Å²) in [6.07, 6.45) is 13.5. The Bertz CT molecular complexity index is 1510. The molecule has 7 nitrogen and oxygen atoms in total. The minimum absolute atomic E-state index is 0.0263. The third-order valence-electron chi connectivity index (χ3n) is 9.05. The Balaban J connectivity index is 1.29. The number of nitrogens with zero attached hydrogens (tertiary/aromatic N) is 4. The quantitative estimate of drug-likeness (QED) is 0.374. The fourth-order valence-corrected chi connectivity index (χ4v) is 7.03. The van der Waals surface area contributed by atoms with Gasteiger partial charge in [0.05, 0.1) is 5.41 Å². The smallest absolute Gasteiger partial charge is 0.279 e. The molecular weight excluding hydrogens is 460 g/mol. The zero-order chi connectivity index (χ0) is 25.1. The zero-order valence-electron chi connectivity index (χ0n) is 21.8. The molecule has 0 radical (unpaired) electrons. The summed E-state index contributed by atoms with van der Waals surface area (Å²) >= 11 is 0. The largest absolute Gasteiger partial charge is 0.353 e. The van der Waals surface area contributed by atoms with E-state index in [1.807, 2.05) is 16.2 Å². The second-order valence-corrected chi connectivity index (χ2v) is 11.9. The summed E-state index contributed by atoms with van der Waals surface area (Å²) < 4.78 is 3.92. The minimum Gasteiger partial charge on any atom is -0.353 e. The number of rotatable bonds is 7. The van der Waals surface area contributed by atoms with Crippen LogP contribution in [0.25, 0.3) is 16.6 Å². The lowest BCUT2D eigenvalue weighted by molar-refractivity contribution is 0.185. The fraction of sp³-hybridized carbons (Fsp3) is 0.500. The summed E-state index contributed by atoms with van der Waals surface area (Å²) in [6, 6.07) is 11.4. The van der Waals surface area contributed by atoms with E-state index in [4.69, 9.17) is 0 Å². The van der Waals surface area contributed by atoms with E-state index in [-0.39, 0.29) is 11.0 Å². The van der Waals surface area contributed by atoms with Crippen molar-refractivity contribution in [1.82, 2.24) is 29.6 Å². The number of aromatic nitrogens is 5. The predicted molar refractivity (Wildman–Crippen MR) is 145 cm³/mol. The molecule has 7 heteroatoms. The molecule has 0 aliphatic heterocycles. The summed E-state index contributed by atoms with van der Waals surface area (Å²) in [5.41, 5.74) is 5.15. The van der Waals surface area contributed by atoms with E-state index in [1.54, 1.807) is 6.33 Å². The van der Waals surface area contributed by atoms with Crippen LogP contribution < -0.4 is 10.9 Å². The maximum Gasteiger partial charge on any atom is 0.279 e. The molecule has 0 unspecified atom stereocenters. The van der Waals surface area contributed by atoms with E-state index in [1.165, 1.54) is 49.7 Å². The van der Waals surface area contributed by atoms with Crippen LogP contribution in [0.15, 0.2) is 47.7 Å². The molecule has 0 spiro atoms. The first-order chi connectivity index (χ1) is 18.0. The van der Waals surface area contributed by atoms with Gasteiger partial charge in [0, 0.05) is 42.6 Å². The van der Waals surface area contributed by atoms with Crippen LogP contribution in [0.3, 0.4) is 0 Å². The highest BCUT2D eigenvalue weighted by atomic mass is 16.1. The Labute approximate surface area is 217 Å². The lowest BCUT2D eigenvalue weighted by Crippen LogP contribution is -2.43. The maximum absolute atomic E-state index is 13.9. The minimum atomic E-state index is -0.154. The number of H-pyrrole nitrogens is 1. The first kappa shape index (κ1) is 23.0. The molecule has 3 heterocycles. The lowest BCUT2D eigenvalue weighted by Gasteiger charge is -2.46. The Morgan fingerprint density at radius 3 is 2.65 bits per heavy atom. The fourth-order valence-electron chi connectivity index (χ4n) is 7.03. The molecule has 3 aliphatic carbocycles. The maximum atomic E-state index is 13.9. The number of benzene rings is 1. The van der Waals surface area contributed by atoms with Crippen molar-refractivity contribution in [2.75, 3.05) is 0 Å². The molecule has 3 saturated carbocycles. The van der Waals surface area contributed by atoms with Crippen LogP contribution in [0, 0.1) is 5.92 Å². The summed E-state index contributed by atoms with van der Waals surface area (Å²) in [4.78, 5) is 17.4. The summed E-state index contributed by atoms with van der Waals surface area (Å²) in [5.74, 6) is 2.19. The van der Waals surface area contributed by atoms with E-state index >= 15 is 0 Å². The number of pyridine rings is 1. The van der Waals surface area contributed by atoms with Crippen molar-refractivity contribution in [3.63, 3.8) is 0 Å². The molecule has 37 heavy (non-hydrogen) atoms. The highest BCUT2D eigenvalue weighted by molar-refractivity contribution is 5.84. The van der Waals surface area contributed by atoms with Gasteiger partial charge in [0.2, 0.25) is 0 Å². The van der Waals surface area contributed by atoms with E-state index in [0.29, 0.717) is 17.9 Å². The van der Waals surface area contributed by atoms with Gasteiger partial charge in [-0.2, -0.15) is 0 Å². The first-order valence-corrected chi connectivity index (χ1v) is 14.0. The topological polar surface area (TPSA) is 80.5 Å². The number of aryl methyl sites for hydroxylation is 1. The van der Waals surface area contributed by atoms with Crippen molar-refractivity contribution in [1.29, 1.82) is 0 Å². The second kappa shape index (κ2) is 8.69. The normalized spacial score (nSPS) is 24.1. The number of fused-ring (bicyclic) bond motifs is 1. The van der Waals surface area contributed by atoms with Gasteiger partial charge in [0.25, 0.3) is 5.56 Å². The van der Waals surface area contributed by atoms with Crippen molar-refractivity contribution in [3.05, 3.63) is 75.9 Å². The molecule has 0 amide bonds. The molecule has 2 N–H and O–H groups in total. The third-order valence-corrected chi connectivity index (χ3v) is 9.05. The van der Waals surface area contributed by atoms with Crippen LogP contribution >= 0.6 is 0 Å². The van der Waals surface area contributed by atoms with Crippen LogP contribution in [-0.4, -0.2) is 30.4 Å². The Kier molecular flexibility index (Phi) is 5.39. The SMILES string of the molecule is CC1CC(c2cccc(-n3cc(C4CC4)c4cc(CNC5CCCC5)[nH]c4c3=O)c2)(c2nncn2C)C1. The Morgan fingerprint density at radius 2 is 1.95 bits per heavy atom. The van der Waals surface area contributed by atoms with E-state index in [0.717, 1.165) is 47.5 Å². The van der Waals surface area contributed by atoms with Gasteiger partial charge in [0.1, 0.15) is 17.7 Å². The van der Waals surface area contributed by atoms with Crippen molar-refractivity contribution < 1.29 is 0 Å². The van der Waals surface area contributed by atoms with Gasteiger partial charge < -0.3 is 14.9 Å². The second-order valence-electron chi connectivity index (χ2n) is 11.9. The van der Waals surface area contributed by atoms with Crippen LogP contribution in [-0.2, 0) is 19.0 Å². The van der Waals surface area contributed by atoms with Gasteiger partial charge >= 0.3 is 0 Å². The Hall–Kier alpha value is -3.19. The zero-order valence-corrected chi connectivity index (χ0v) is 21.8. The Morgan fingerprint density at radius 1 is 1.14 bits per heavy atom. The van der Waals surface area contributed by atoms with Crippen LogP contribution in [0.4, 0.5) is 0 Å². The molecule has 3 aromatic heterocycles. The average Bonchev–Trinajstić information content (AvgIpc) is 3.23. The van der Waals surface area contributed by atoms with E-state index in [2.05, 4.69) is 64.0 Å².